The third-order valence-corrected chi connectivity index (χ3v) is 3.93. The molecule has 0 fully saturated rings. The highest BCUT2D eigenvalue weighted by atomic mass is 16.6. The third kappa shape index (κ3) is 3.75. The molecule has 2 aromatic heterocycles. The fourth-order valence-corrected chi connectivity index (χ4v) is 2.54. The minimum absolute atomic E-state index is 0.00783. The largest absolute Gasteiger partial charge is 0.486 e. The lowest BCUT2D eigenvalue weighted by molar-refractivity contribution is 0.0296. The summed E-state index contributed by atoms with van der Waals surface area (Å²) in [5.74, 6) is 0.456. The number of nitrogens with zero attached hydrogens (tertiary/aromatic N) is 3. The van der Waals surface area contributed by atoms with Crippen molar-refractivity contribution >= 4 is 16.9 Å². The van der Waals surface area contributed by atoms with Crippen molar-refractivity contribution < 1.29 is 18.7 Å². The Balaban J connectivity index is 1.39. The van der Waals surface area contributed by atoms with Gasteiger partial charge in [0.1, 0.15) is 23.6 Å². The van der Waals surface area contributed by atoms with Gasteiger partial charge in [0.05, 0.1) is 5.39 Å². The number of para-hydroxylation sites is 1. The van der Waals surface area contributed by atoms with Crippen molar-refractivity contribution in [2.75, 3.05) is 0 Å². The van der Waals surface area contributed by atoms with Gasteiger partial charge in [-0.05, 0) is 36.4 Å². The van der Waals surface area contributed by atoms with E-state index in [0.29, 0.717) is 22.4 Å². The van der Waals surface area contributed by atoms with Crippen molar-refractivity contribution in [3.63, 3.8) is 0 Å². The summed E-state index contributed by atoms with van der Waals surface area (Å²) >= 11 is 0. The molecule has 140 valence electrons. The normalized spacial score (nSPS) is 10.7. The molecule has 0 N–H and O–H groups in total. The first-order chi connectivity index (χ1) is 13.7. The molecule has 0 spiro atoms. The van der Waals surface area contributed by atoms with Crippen LogP contribution in [0.15, 0.2) is 75.9 Å². The summed E-state index contributed by atoms with van der Waals surface area (Å²) in [4.78, 5) is 24.5. The van der Waals surface area contributed by atoms with Crippen LogP contribution in [0.1, 0.15) is 16.3 Å². The summed E-state index contributed by atoms with van der Waals surface area (Å²) in [5, 5.41) is 8.09. The first-order valence-corrected chi connectivity index (χ1v) is 8.47. The van der Waals surface area contributed by atoms with Crippen molar-refractivity contribution in [3.8, 4) is 5.75 Å². The van der Waals surface area contributed by atoms with E-state index in [2.05, 4.69) is 10.3 Å². The maximum Gasteiger partial charge on any atom is 0.376 e. The van der Waals surface area contributed by atoms with E-state index in [9.17, 15) is 9.59 Å². The summed E-state index contributed by atoms with van der Waals surface area (Å²) in [6.45, 7) is -0.195. The standard InChI is InChI=1S/C20H15N3O5/c24-19-16-8-4-5-9-17(16)21-22-23(19)13-27-20(25)18-11-10-15(28-18)12-26-14-6-2-1-3-7-14/h1-11H,12-13H2. The smallest absolute Gasteiger partial charge is 0.376 e. The Morgan fingerprint density at radius 2 is 1.79 bits per heavy atom. The fourth-order valence-electron chi connectivity index (χ4n) is 2.54. The van der Waals surface area contributed by atoms with Gasteiger partial charge in [-0.2, -0.15) is 4.68 Å². The zero-order chi connectivity index (χ0) is 19.3. The van der Waals surface area contributed by atoms with Crippen LogP contribution in [0.5, 0.6) is 5.75 Å². The second-order valence-corrected chi connectivity index (χ2v) is 5.84. The number of benzene rings is 2. The van der Waals surface area contributed by atoms with Gasteiger partial charge in [0, 0.05) is 0 Å². The molecule has 0 amide bonds. The molecule has 0 radical (unpaired) electrons. The Morgan fingerprint density at radius 3 is 2.64 bits per heavy atom. The number of esters is 1. The number of aromatic nitrogens is 3. The maximum atomic E-state index is 12.3. The molecule has 8 heteroatoms. The minimum Gasteiger partial charge on any atom is -0.486 e. The van der Waals surface area contributed by atoms with Crippen molar-refractivity contribution in [1.82, 2.24) is 15.0 Å². The van der Waals surface area contributed by atoms with Gasteiger partial charge in [0.2, 0.25) is 5.76 Å². The second-order valence-electron chi connectivity index (χ2n) is 5.84. The van der Waals surface area contributed by atoms with E-state index in [4.69, 9.17) is 13.9 Å². The molecule has 0 bridgehead atoms. The van der Waals surface area contributed by atoms with Gasteiger partial charge in [-0.15, -0.1) is 5.10 Å². The highest BCUT2D eigenvalue weighted by molar-refractivity contribution is 5.86. The monoisotopic (exact) mass is 377 g/mol. The lowest BCUT2D eigenvalue weighted by Gasteiger charge is -2.05. The van der Waals surface area contributed by atoms with E-state index in [1.165, 1.54) is 6.07 Å². The van der Waals surface area contributed by atoms with Crippen LogP contribution in [0.2, 0.25) is 0 Å². The molecule has 0 aliphatic rings. The summed E-state index contributed by atoms with van der Waals surface area (Å²) < 4.78 is 17.1. The lowest BCUT2D eigenvalue weighted by atomic mass is 10.2. The number of fused-ring (bicyclic) bond motifs is 1. The molecular weight excluding hydrogens is 362 g/mol. The number of ether oxygens (including phenoxy) is 2. The molecule has 0 aliphatic heterocycles. The van der Waals surface area contributed by atoms with Crippen molar-refractivity contribution in [2.24, 2.45) is 0 Å². The van der Waals surface area contributed by atoms with Crippen LogP contribution in [0.3, 0.4) is 0 Å². The van der Waals surface area contributed by atoms with Gasteiger partial charge in [-0.1, -0.05) is 35.5 Å². The summed E-state index contributed by atoms with van der Waals surface area (Å²) in [6.07, 6.45) is 0. The highest BCUT2D eigenvalue weighted by Crippen LogP contribution is 2.14. The Hall–Kier alpha value is -3.94. The number of hydrogen-bond acceptors (Lipinski definition) is 7. The van der Waals surface area contributed by atoms with Gasteiger partial charge in [0.25, 0.3) is 5.56 Å². The molecule has 4 rings (SSSR count). The average Bonchev–Trinajstić information content (AvgIpc) is 3.22. The Morgan fingerprint density at radius 1 is 1.00 bits per heavy atom. The van der Waals surface area contributed by atoms with E-state index >= 15 is 0 Å². The topological polar surface area (TPSA) is 96.5 Å². The van der Waals surface area contributed by atoms with Crippen molar-refractivity contribution in [3.05, 3.63) is 88.6 Å². The molecule has 0 saturated heterocycles. The lowest BCUT2D eigenvalue weighted by Crippen LogP contribution is -2.26. The molecule has 28 heavy (non-hydrogen) atoms. The summed E-state index contributed by atoms with van der Waals surface area (Å²) in [5.41, 5.74) is 0.0824. The summed E-state index contributed by atoms with van der Waals surface area (Å²) in [6, 6.07) is 19.2. The fraction of sp³-hybridized carbons (Fsp3) is 0.100. The molecule has 2 heterocycles. The first-order valence-electron chi connectivity index (χ1n) is 8.47. The Bertz CT molecular complexity index is 1170. The molecule has 0 unspecified atom stereocenters. The van der Waals surface area contributed by atoms with Gasteiger partial charge in [-0.25, -0.2) is 4.79 Å². The molecule has 4 aromatic rings. The maximum absolute atomic E-state index is 12.3. The number of furan rings is 1. The Labute approximate surface area is 158 Å². The van der Waals surface area contributed by atoms with Crippen molar-refractivity contribution in [1.29, 1.82) is 0 Å². The van der Waals surface area contributed by atoms with E-state index in [1.54, 1.807) is 30.3 Å². The predicted octanol–water partition coefficient (Wildman–Crippen LogP) is 2.78. The third-order valence-electron chi connectivity index (χ3n) is 3.93. The van der Waals surface area contributed by atoms with Gasteiger partial charge < -0.3 is 13.9 Å². The predicted molar refractivity (Wildman–Crippen MR) is 98.7 cm³/mol. The van der Waals surface area contributed by atoms with Crippen LogP contribution < -0.4 is 10.3 Å². The van der Waals surface area contributed by atoms with Crippen molar-refractivity contribution in [2.45, 2.75) is 13.3 Å². The SMILES string of the molecule is O=C(OCn1nnc2ccccc2c1=O)c1ccc(COc2ccccc2)o1. The van der Waals surface area contributed by atoms with Gasteiger partial charge in [0.15, 0.2) is 6.73 Å². The number of carbonyl (C=O) groups is 1. The first kappa shape index (κ1) is 17.5. The number of rotatable bonds is 6. The molecule has 0 saturated carbocycles. The van der Waals surface area contributed by atoms with Gasteiger partial charge >= 0.3 is 5.97 Å². The highest BCUT2D eigenvalue weighted by Gasteiger charge is 2.14. The van der Waals surface area contributed by atoms with E-state index in [-0.39, 0.29) is 19.1 Å². The van der Waals surface area contributed by atoms with E-state index in [0.717, 1.165) is 4.68 Å². The van der Waals surface area contributed by atoms with Crippen LogP contribution in [0, 0.1) is 0 Å². The van der Waals surface area contributed by atoms with Crippen LogP contribution >= 0.6 is 0 Å². The van der Waals surface area contributed by atoms with Crippen LogP contribution in [-0.4, -0.2) is 21.0 Å². The average molecular weight is 377 g/mol. The second kappa shape index (κ2) is 7.75. The van der Waals surface area contributed by atoms with Gasteiger partial charge in [-0.3, -0.25) is 4.79 Å². The molecular formula is C20H15N3O5. The van der Waals surface area contributed by atoms with Crippen LogP contribution in [0.4, 0.5) is 0 Å². The number of carbonyl (C=O) groups excluding carboxylic acids is 1. The molecule has 0 atom stereocenters. The van der Waals surface area contributed by atoms with Crippen LogP contribution in [0.25, 0.3) is 10.9 Å². The zero-order valence-electron chi connectivity index (χ0n) is 14.6. The zero-order valence-corrected chi connectivity index (χ0v) is 14.6. The molecule has 0 aliphatic carbocycles. The quantitative estimate of drug-likeness (QED) is 0.477. The minimum atomic E-state index is -0.715. The van der Waals surface area contributed by atoms with Crippen LogP contribution in [-0.2, 0) is 18.1 Å². The number of hydrogen-bond donors (Lipinski definition) is 0. The van der Waals surface area contributed by atoms with E-state index in [1.807, 2.05) is 30.3 Å². The molecule has 8 nitrogen and oxygen atoms in total. The summed E-state index contributed by atoms with van der Waals surface area (Å²) in [7, 11) is 0. The van der Waals surface area contributed by atoms with E-state index < -0.39 is 11.5 Å². The molecule has 2 aromatic carbocycles. The Kier molecular flexibility index (Phi) is 4.83.